The van der Waals surface area contributed by atoms with Crippen LogP contribution in [0, 0.1) is 0 Å². The fraction of sp³-hybridized carbons (Fsp3) is 0.960. The Morgan fingerprint density at radius 1 is 0.571 bits per heavy atom. The van der Waals surface area contributed by atoms with Crippen LogP contribution in [0.1, 0.15) is 142 Å². The van der Waals surface area contributed by atoms with Crippen molar-refractivity contribution in [1.29, 1.82) is 0 Å². The van der Waals surface area contributed by atoms with E-state index in [0.29, 0.717) is 19.6 Å². The van der Waals surface area contributed by atoms with Crippen molar-refractivity contribution in [3.63, 3.8) is 0 Å². The van der Waals surface area contributed by atoms with E-state index in [1.165, 1.54) is 116 Å². The summed E-state index contributed by atoms with van der Waals surface area (Å²) < 4.78 is 4.97. The van der Waals surface area contributed by atoms with Crippen LogP contribution in [-0.4, -0.2) is 19.1 Å². The summed E-state index contributed by atoms with van der Waals surface area (Å²) in [5.74, 6) is -0.0899. The van der Waals surface area contributed by atoms with Crippen LogP contribution in [0.25, 0.3) is 0 Å². The minimum absolute atomic E-state index is 0.0899. The topological polar surface area (TPSA) is 52.3 Å². The second-order valence-corrected chi connectivity index (χ2v) is 8.48. The standard InChI is InChI=1S/C25H51NO2/c1-2-3-4-5-6-7-8-9-10-11-12-13-14-15-16-17-18-19-20-21-22-25(27)28-24-23-26/h2-24,26H2,1H3. The van der Waals surface area contributed by atoms with Gasteiger partial charge in [-0.3, -0.25) is 4.79 Å². The summed E-state index contributed by atoms with van der Waals surface area (Å²) in [6.45, 7) is 3.07. The van der Waals surface area contributed by atoms with Crippen molar-refractivity contribution in [2.75, 3.05) is 13.2 Å². The van der Waals surface area contributed by atoms with Gasteiger partial charge in [0.15, 0.2) is 0 Å². The van der Waals surface area contributed by atoms with Crippen LogP contribution >= 0.6 is 0 Å². The van der Waals surface area contributed by atoms with Crippen LogP contribution in [0.15, 0.2) is 0 Å². The summed E-state index contributed by atoms with van der Waals surface area (Å²) in [5.41, 5.74) is 5.31. The van der Waals surface area contributed by atoms with Gasteiger partial charge in [-0.05, 0) is 6.42 Å². The van der Waals surface area contributed by atoms with E-state index in [4.69, 9.17) is 10.5 Å². The third-order valence-electron chi connectivity index (χ3n) is 5.62. The van der Waals surface area contributed by atoms with E-state index in [0.717, 1.165) is 12.8 Å². The molecule has 0 saturated carbocycles. The number of carbonyl (C=O) groups is 1. The number of rotatable bonds is 23. The molecule has 0 heterocycles. The van der Waals surface area contributed by atoms with Crippen molar-refractivity contribution in [3.05, 3.63) is 0 Å². The highest BCUT2D eigenvalue weighted by Gasteiger charge is 2.01. The number of unbranched alkanes of at least 4 members (excludes halogenated alkanes) is 19. The number of carbonyl (C=O) groups excluding carboxylic acids is 1. The first-order chi connectivity index (χ1) is 13.8. The zero-order chi connectivity index (χ0) is 20.5. The molecule has 2 N–H and O–H groups in total. The summed E-state index contributed by atoms with van der Waals surface area (Å²) in [5, 5.41) is 0. The average molecular weight is 398 g/mol. The summed E-state index contributed by atoms with van der Waals surface area (Å²) in [6, 6.07) is 0. The first kappa shape index (κ1) is 27.4. The molecule has 0 aliphatic rings. The third kappa shape index (κ3) is 23.5. The van der Waals surface area contributed by atoms with Gasteiger partial charge in [0, 0.05) is 13.0 Å². The highest BCUT2D eigenvalue weighted by atomic mass is 16.5. The predicted octanol–water partition coefficient (Wildman–Crippen LogP) is 7.70. The molecule has 28 heavy (non-hydrogen) atoms. The Morgan fingerprint density at radius 3 is 1.21 bits per heavy atom. The van der Waals surface area contributed by atoms with E-state index >= 15 is 0 Å². The van der Waals surface area contributed by atoms with Gasteiger partial charge in [0.25, 0.3) is 0 Å². The van der Waals surface area contributed by atoms with Gasteiger partial charge >= 0.3 is 5.97 Å². The van der Waals surface area contributed by atoms with Crippen molar-refractivity contribution >= 4 is 5.97 Å². The minimum Gasteiger partial charge on any atom is -0.464 e. The number of ether oxygens (including phenoxy) is 1. The Bertz CT molecular complexity index is 307. The number of nitrogens with two attached hydrogens (primary N) is 1. The smallest absolute Gasteiger partial charge is 0.305 e. The van der Waals surface area contributed by atoms with Crippen molar-refractivity contribution in [1.82, 2.24) is 0 Å². The molecule has 0 aromatic carbocycles. The average Bonchev–Trinajstić information content (AvgIpc) is 2.70. The van der Waals surface area contributed by atoms with Gasteiger partial charge in [0.2, 0.25) is 0 Å². The Kier molecular flexibility index (Phi) is 24.0. The molecular weight excluding hydrogens is 346 g/mol. The molecule has 3 heteroatoms. The molecule has 168 valence electrons. The molecule has 0 fully saturated rings. The van der Waals surface area contributed by atoms with E-state index in [9.17, 15) is 4.79 Å². The van der Waals surface area contributed by atoms with Gasteiger partial charge in [-0.2, -0.15) is 0 Å². The lowest BCUT2D eigenvalue weighted by molar-refractivity contribution is -0.143. The minimum atomic E-state index is -0.0899. The van der Waals surface area contributed by atoms with E-state index in [1.807, 2.05) is 0 Å². The maximum absolute atomic E-state index is 11.3. The van der Waals surface area contributed by atoms with Crippen molar-refractivity contribution in [2.24, 2.45) is 5.73 Å². The van der Waals surface area contributed by atoms with E-state index in [2.05, 4.69) is 6.92 Å². The lowest BCUT2D eigenvalue weighted by Gasteiger charge is -2.04. The monoisotopic (exact) mass is 397 g/mol. The highest BCUT2D eigenvalue weighted by Crippen LogP contribution is 2.15. The Labute approximate surface area is 176 Å². The molecule has 3 nitrogen and oxygen atoms in total. The zero-order valence-electron chi connectivity index (χ0n) is 19.2. The maximum atomic E-state index is 11.3. The highest BCUT2D eigenvalue weighted by molar-refractivity contribution is 5.69. The predicted molar refractivity (Wildman–Crippen MR) is 123 cm³/mol. The van der Waals surface area contributed by atoms with Gasteiger partial charge in [-0.25, -0.2) is 0 Å². The lowest BCUT2D eigenvalue weighted by Crippen LogP contribution is -2.13. The Morgan fingerprint density at radius 2 is 0.893 bits per heavy atom. The van der Waals surface area contributed by atoms with Gasteiger partial charge in [-0.1, -0.05) is 129 Å². The molecule has 0 radical (unpaired) electrons. The molecule has 0 atom stereocenters. The summed E-state index contributed by atoms with van der Waals surface area (Å²) in [4.78, 5) is 11.3. The van der Waals surface area contributed by atoms with Crippen LogP contribution < -0.4 is 5.73 Å². The van der Waals surface area contributed by atoms with E-state index < -0.39 is 0 Å². The van der Waals surface area contributed by atoms with Gasteiger partial charge < -0.3 is 10.5 Å². The molecule has 0 unspecified atom stereocenters. The Balaban J connectivity index is 3.04. The van der Waals surface area contributed by atoms with E-state index in [1.54, 1.807) is 0 Å². The van der Waals surface area contributed by atoms with Crippen molar-refractivity contribution in [3.8, 4) is 0 Å². The van der Waals surface area contributed by atoms with Crippen LogP contribution in [-0.2, 0) is 9.53 Å². The maximum Gasteiger partial charge on any atom is 0.305 e. The van der Waals surface area contributed by atoms with Crippen molar-refractivity contribution < 1.29 is 9.53 Å². The molecule has 0 aromatic rings. The summed E-state index contributed by atoms with van der Waals surface area (Å²) in [7, 11) is 0. The fourth-order valence-corrected chi connectivity index (χ4v) is 3.77. The largest absolute Gasteiger partial charge is 0.464 e. The molecule has 0 aliphatic carbocycles. The molecule has 0 amide bonds. The molecule has 0 rings (SSSR count). The van der Waals surface area contributed by atoms with Crippen molar-refractivity contribution in [2.45, 2.75) is 142 Å². The normalized spacial score (nSPS) is 11.1. The van der Waals surface area contributed by atoms with Crippen LogP contribution in [0.4, 0.5) is 0 Å². The second kappa shape index (κ2) is 24.5. The molecule has 0 bridgehead atoms. The Hall–Kier alpha value is -0.570. The van der Waals surface area contributed by atoms with E-state index in [-0.39, 0.29) is 5.97 Å². The van der Waals surface area contributed by atoms with Gasteiger partial charge in [-0.15, -0.1) is 0 Å². The molecule has 0 aromatic heterocycles. The molecule has 0 spiro atoms. The van der Waals surface area contributed by atoms with Gasteiger partial charge in [0.1, 0.15) is 6.61 Å². The lowest BCUT2D eigenvalue weighted by atomic mass is 10.0. The summed E-state index contributed by atoms with van der Waals surface area (Å²) >= 11 is 0. The number of esters is 1. The van der Waals surface area contributed by atoms with Crippen LogP contribution in [0.3, 0.4) is 0 Å². The fourth-order valence-electron chi connectivity index (χ4n) is 3.77. The molecule has 0 saturated heterocycles. The molecule has 0 aliphatic heterocycles. The first-order valence-electron chi connectivity index (χ1n) is 12.7. The second-order valence-electron chi connectivity index (χ2n) is 8.48. The first-order valence-corrected chi connectivity index (χ1v) is 12.7. The van der Waals surface area contributed by atoms with Crippen LogP contribution in [0.5, 0.6) is 0 Å². The molecular formula is C25H51NO2. The quantitative estimate of drug-likeness (QED) is 0.142. The van der Waals surface area contributed by atoms with Gasteiger partial charge in [0.05, 0.1) is 0 Å². The SMILES string of the molecule is CCCCCCCCCCCCCCCCCCCCCCC(=O)OCCN. The van der Waals surface area contributed by atoms with Crippen LogP contribution in [0.2, 0.25) is 0 Å². The number of hydrogen-bond acceptors (Lipinski definition) is 3. The third-order valence-corrected chi connectivity index (χ3v) is 5.62. The zero-order valence-corrected chi connectivity index (χ0v) is 19.2. The number of hydrogen-bond donors (Lipinski definition) is 1. The summed E-state index contributed by atoms with van der Waals surface area (Å²) in [6.07, 6.45) is 28.1.